The molecular weight excluding hydrogens is 246 g/mol. The van der Waals surface area contributed by atoms with Crippen LogP contribution in [0.25, 0.3) is 0 Å². The normalized spacial score (nSPS) is 10.8. The SMILES string of the molecule is COc1cc(CNCC(C)C)c(SC)cc1OC. The fourth-order valence-corrected chi connectivity index (χ4v) is 2.34. The Kier molecular flexibility index (Phi) is 6.36. The van der Waals surface area contributed by atoms with Gasteiger partial charge in [-0.2, -0.15) is 0 Å². The van der Waals surface area contributed by atoms with E-state index >= 15 is 0 Å². The first kappa shape index (κ1) is 15.2. The van der Waals surface area contributed by atoms with E-state index in [9.17, 15) is 0 Å². The molecule has 102 valence electrons. The summed E-state index contributed by atoms with van der Waals surface area (Å²) in [5, 5.41) is 3.45. The summed E-state index contributed by atoms with van der Waals surface area (Å²) in [6.45, 7) is 6.28. The van der Waals surface area contributed by atoms with Gasteiger partial charge in [0.2, 0.25) is 0 Å². The Bertz CT molecular complexity index is 380. The summed E-state index contributed by atoms with van der Waals surface area (Å²) >= 11 is 1.73. The van der Waals surface area contributed by atoms with Crippen molar-refractivity contribution < 1.29 is 9.47 Å². The van der Waals surface area contributed by atoms with Crippen LogP contribution in [0, 0.1) is 5.92 Å². The summed E-state index contributed by atoms with van der Waals surface area (Å²) in [5.74, 6) is 2.23. The molecule has 0 saturated carbocycles. The molecule has 0 fully saturated rings. The molecule has 0 radical (unpaired) electrons. The third-order valence-electron chi connectivity index (χ3n) is 2.65. The molecule has 3 nitrogen and oxygen atoms in total. The molecule has 0 unspecified atom stereocenters. The predicted molar refractivity (Wildman–Crippen MR) is 77.9 cm³/mol. The van der Waals surface area contributed by atoms with Gasteiger partial charge in [0.1, 0.15) is 0 Å². The van der Waals surface area contributed by atoms with Crippen LogP contribution in [0.5, 0.6) is 11.5 Å². The molecule has 1 N–H and O–H groups in total. The van der Waals surface area contributed by atoms with Crippen molar-refractivity contribution in [1.29, 1.82) is 0 Å². The average Bonchev–Trinajstić information content (AvgIpc) is 2.37. The maximum Gasteiger partial charge on any atom is 0.161 e. The van der Waals surface area contributed by atoms with Gasteiger partial charge in [-0.05, 0) is 36.4 Å². The van der Waals surface area contributed by atoms with Crippen LogP contribution in [-0.4, -0.2) is 27.0 Å². The van der Waals surface area contributed by atoms with Gasteiger partial charge >= 0.3 is 0 Å². The van der Waals surface area contributed by atoms with E-state index in [-0.39, 0.29) is 0 Å². The van der Waals surface area contributed by atoms with Gasteiger partial charge in [-0.3, -0.25) is 0 Å². The number of ether oxygens (including phenoxy) is 2. The highest BCUT2D eigenvalue weighted by molar-refractivity contribution is 7.98. The number of hydrogen-bond acceptors (Lipinski definition) is 4. The molecule has 0 amide bonds. The monoisotopic (exact) mass is 269 g/mol. The van der Waals surface area contributed by atoms with Crippen molar-refractivity contribution in [3.63, 3.8) is 0 Å². The molecule has 0 atom stereocenters. The van der Waals surface area contributed by atoms with Gasteiger partial charge < -0.3 is 14.8 Å². The van der Waals surface area contributed by atoms with Gasteiger partial charge in [-0.25, -0.2) is 0 Å². The van der Waals surface area contributed by atoms with Crippen molar-refractivity contribution >= 4 is 11.8 Å². The van der Waals surface area contributed by atoms with Crippen molar-refractivity contribution in [3.8, 4) is 11.5 Å². The minimum Gasteiger partial charge on any atom is -0.493 e. The first-order valence-corrected chi connectivity index (χ1v) is 7.34. The van der Waals surface area contributed by atoms with Crippen LogP contribution in [0.4, 0.5) is 0 Å². The van der Waals surface area contributed by atoms with Crippen molar-refractivity contribution in [2.24, 2.45) is 5.92 Å². The molecule has 0 aliphatic heterocycles. The summed E-state index contributed by atoms with van der Waals surface area (Å²) < 4.78 is 10.7. The van der Waals surface area contributed by atoms with Crippen molar-refractivity contribution in [2.75, 3.05) is 27.0 Å². The Morgan fingerprint density at radius 1 is 1.17 bits per heavy atom. The number of thioether (sulfide) groups is 1. The summed E-state index contributed by atoms with van der Waals surface area (Å²) in [6.07, 6.45) is 2.08. The molecule has 0 aromatic heterocycles. The lowest BCUT2D eigenvalue weighted by Gasteiger charge is -2.15. The molecule has 0 bridgehead atoms. The molecule has 18 heavy (non-hydrogen) atoms. The van der Waals surface area contributed by atoms with Crippen LogP contribution in [0.1, 0.15) is 19.4 Å². The average molecular weight is 269 g/mol. The van der Waals surface area contributed by atoms with E-state index in [2.05, 4.69) is 31.5 Å². The Labute approximate surface area is 114 Å². The standard InChI is InChI=1S/C14H23NO2S/c1-10(2)8-15-9-11-6-12(16-3)13(17-4)7-14(11)18-5/h6-7,10,15H,8-9H2,1-5H3. The zero-order valence-corrected chi connectivity index (χ0v) is 12.7. The lowest BCUT2D eigenvalue weighted by molar-refractivity contribution is 0.353. The summed E-state index contributed by atoms with van der Waals surface area (Å²) in [5.41, 5.74) is 1.25. The third kappa shape index (κ3) is 4.10. The van der Waals surface area contributed by atoms with E-state index < -0.39 is 0 Å². The molecule has 0 spiro atoms. The predicted octanol–water partition coefficient (Wildman–Crippen LogP) is 3.17. The molecule has 1 rings (SSSR count). The smallest absolute Gasteiger partial charge is 0.161 e. The number of benzene rings is 1. The van der Waals surface area contributed by atoms with E-state index in [1.54, 1.807) is 26.0 Å². The molecule has 0 aliphatic carbocycles. The van der Waals surface area contributed by atoms with Gasteiger partial charge in [0.05, 0.1) is 14.2 Å². The first-order chi connectivity index (χ1) is 8.62. The minimum absolute atomic E-state index is 0.655. The summed E-state index contributed by atoms with van der Waals surface area (Å²) in [7, 11) is 3.33. The van der Waals surface area contributed by atoms with Crippen LogP contribution >= 0.6 is 11.8 Å². The quantitative estimate of drug-likeness (QED) is 0.770. The third-order valence-corrected chi connectivity index (χ3v) is 3.47. The van der Waals surface area contributed by atoms with E-state index in [4.69, 9.17) is 9.47 Å². The van der Waals surface area contributed by atoms with Crippen LogP contribution in [0.2, 0.25) is 0 Å². The summed E-state index contributed by atoms with van der Waals surface area (Å²) in [4.78, 5) is 1.23. The maximum absolute atomic E-state index is 5.34. The number of nitrogens with one attached hydrogen (secondary N) is 1. The van der Waals surface area contributed by atoms with Crippen LogP contribution < -0.4 is 14.8 Å². The second-order valence-electron chi connectivity index (χ2n) is 4.54. The zero-order valence-electron chi connectivity index (χ0n) is 11.9. The minimum atomic E-state index is 0.655. The van der Waals surface area contributed by atoms with Crippen LogP contribution in [0.15, 0.2) is 17.0 Å². The molecular formula is C14H23NO2S. The lowest BCUT2D eigenvalue weighted by atomic mass is 10.1. The zero-order chi connectivity index (χ0) is 13.5. The molecule has 0 saturated heterocycles. The van der Waals surface area contributed by atoms with Gasteiger partial charge in [0.25, 0.3) is 0 Å². The highest BCUT2D eigenvalue weighted by Crippen LogP contribution is 2.34. The first-order valence-electron chi connectivity index (χ1n) is 6.12. The number of methoxy groups -OCH3 is 2. The maximum atomic E-state index is 5.34. The van der Waals surface area contributed by atoms with Crippen molar-refractivity contribution in [2.45, 2.75) is 25.3 Å². The molecule has 0 heterocycles. The van der Waals surface area contributed by atoms with E-state index in [0.717, 1.165) is 24.6 Å². The topological polar surface area (TPSA) is 30.5 Å². The van der Waals surface area contributed by atoms with Gasteiger partial charge in [-0.1, -0.05) is 13.8 Å². The summed E-state index contributed by atoms with van der Waals surface area (Å²) in [6, 6.07) is 4.09. The van der Waals surface area contributed by atoms with Gasteiger partial charge in [0.15, 0.2) is 11.5 Å². The largest absolute Gasteiger partial charge is 0.493 e. The van der Waals surface area contributed by atoms with Crippen molar-refractivity contribution in [1.82, 2.24) is 5.32 Å². The highest BCUT2D eigenvalue weighted by Gasteiger charge is 2.10. The van der Waals surface area contributed by atoms with Crippen LogP contribution in [0.3, 0.4) is 0 Å². The molecule has 1 aromatic rings. The van der Waals surface area contributed by atoms with Crippen LogP contribution in [-0.2, 0) is 6.54 Å². The molecule has 0 aliphatic rings. The van der Waals surface area contributed by atoms with E-state index in [0.29, 0.717) is 5.92 Å². The van der Waals surface area contributed by atoms with Gasteiger partial charge in [0, 0.05) is 11.4 Å². The van der Waals surface area contributed by atoms with Crippen molar-refractivity contribution in [3.05, 3.63) is 17.7 Å². The Balaban J connectivity index is 2.87. The number of rotatable bonds is 7. The number of hydrogen-bond donors (Lipinski definition) is 1. The fourth-order valence-electron chi connectivity index (χ4n) is 1.73. The molecule has 4 heteroatoms. The van der Waals surface area contributed by atoms with E-state index in [1.807, 2.05) is 6.07 Å². The van der Waals surface area contributed by atoms with E-state index in [1.165, 1.54) is 10.5 Å². The molecule has 1 aromatic carbocycles. The lowest BCUT2D eigenvalue weighted by Crippen LogP contribution is -2.19. The second kappa shape index (κ2) is 7.54. The Morgan fingerprint density at radius 2 is 1.78 bits per heavy atom. The second-order valence-corrected chi connectivity index (χ2v) is 5.39. The Hall–Kier alpha value is -0.870. The Morgan fingerprint density at radius 3 is 2.28 bits per heavy atom. The highest BCUT2D eigenvalue weighted by atomic mass is 32.2. The fraction of sp³-hybridized carbons (Fsp3) is 0.571. The van der Waals surface area contributed by atoms with Gasteiger partial charge in [-0.15, -0.1) is 11.8 Å².